The molecule has 0 bridgehead atoms. The molecule has 2 aromatic rings. The highest BCUT2D eigenvalue weighted by atomic mass is 32.2. The summed E-state index contributed by atoms with van der Waals surface area (Å²) >= 11 is 0. The minimum Gasteiger partial charge on any atom is -0.369 e. The fraction of sp³-hybridized carbons (Fsp3) is 0.235. The first kappa shape index (κ1) is 15.6. The molecular formula is C17H18N4OS. The van der Waals surface area contributed by atoms with Gasteiger partial charge < -0.3 is 5.32 Å². The maximum Gasteiger partial charge on any atom is 0.180 e. The van der Waals surface area contributed by atoms with Crippen LogP contribution < -0.4 is 5.32 Å². The van der Waals surface area contributed by atoms with E-state index in [1.54, 1.807) is 6.26 Å². The highest BCUT2D eigenvalue weighted by Crippen LogP contribution is 2.23. The van der Waals surface area contributed by atoms with Gasteiger partial charge in [-0.25, -0.2) is 9.97 Å². The van der Waals surface area contributed by atoms with Gasteiger partial charge in [-0.05, 0) is 18.2 Å². The van der Waals surface area contributed by atoms with Crippen LogP contribution in [0.4, 0.5) is 5.82 Å². The van der Waals surface area contributed by atoms with Crippen LogP contribution in [0.25, 0.3) is 16.6 Å². The summed E-state index contributed by atoms with van der Waals surface area (Å²) in [5.41, 5.74) is 1.61. The van der Waals surface area contributed by atoms with Crippen LogP contribution in [-0.2, 0) is 10.8 Å². The SMILES string of the molecule is CS(=O)CCNc1nc(C2=CC=CCC=N2)nc2ccccc12. The molecule has 5 nitrogen and oxygen atoms in total. The summed E-state index contributed by atoms with van der Waals surface area (Å²) in [7, 11) is -0.835. The maximum absolute atomic E-state index is 11.3. The van der Waals surface area contributed by atoms with Gasteiger partial charge in [-0.2, -0.15) is 0 Å². The molecule has 2 heterocycles. The molecule has 0 fully saturated rings. The summed E-state index contributed by atoms with van der Waals surface area (Å²) in [5.74, 6) is 1.92. The number of hydrogen-bond donors (Lipinski definition) is 1. The highest BCUT2D eigenvalue weighted by Gasteiger charge is 2.10. The zero-order chi connectivity index (χ0) is 16.1. The Hall–Kier alpha value is -2.34. The molecule has 0 amide bonds. The van der Waals surface area contributed by atoms with Crippen molar-refractivity contribution in [3.8, 4) is 0 Å². The minimum atomic E-state index is -0.835. The number of aliphatic imine (C=N–C) groups is 1. The van der Waals surface area contributed by atoms with Crippen molar-refractivity contribution in [2.75, 3.05) is 23.9 Å². The first-order chi connectivity index (χ1) is 11.2. The quantitative estimate of drug-likeness (QED) is 0.917. The minimum absolute atomic E-state index is 0.581. The van der Waals surface area contributed by atoms with Crippen LogP contribution in [0.3, 0.4) is 0 Å². The lowest BCUT2D eigenvalue weighted by molar-refractivity contribution is 0.687. The van der Waals surface area contributed by atoms with E-state index in [1.807, 2.05) is 48.7 Å². The van der Waals surface area contributed by atoms with Crippen molar-refractivity contribution < 1.29 is 4.21 Å². The fourth-order valence-electron chi connectivity index (χ4n) is 2.26. The van der Waals surface area contributed by atoms with Gasteiger partial charge >= 0.3 is 0 Å². The average molecular weight is 326 g/mol. The van der Waals surface area contributed by atoms with Gasteiger partial charge in [0.05, 0.1) is 5.52 Å². The molecule has 0 saturated heterocycles. The molecule has 0 radical (unpaired) electrons. The molecule has 1 unspecified atom stereocenters. The highest BCUT2D eigenvalue weighted by molar-refractivity contribution is 7.84. The van der Waals surface area contributed by atoms with E-state index in [0.29, 0.717) is 18.1 Å². The normalized spacial score (nSPS) is 15.3. The van der Waals surface area contributed by atoms with Gasteiger partial charge in [-0.3, -0.25) is 9.20 Å². The zero-order valence-electron chi connectivity index (χ0n) is 12.9. The molecule has 1 aliphatic heterocycles. The number of nitrogens with one attached hydrogen (secondary N) is 1. The second-order valence-electron chi connectivity index (χ2n) is 5.14. The standard InChI is InChI=1S/C17H18N4OS/c1-23(22)12-11-19-16-13-7-4-5-8-14(13)20-17(21-16)15-9-3-2-6-10-18-15/h2-5,7-10H,6,11-12H2,1H3,(H,19,20,21). The number of anilines is 1. The lowest BCUT2D eigenvalue weighted by atomic mass is 10.2. The van der Waals surface area contributed by atoms with Crippen LogP contribution in [0.5, 0.6) is 0 Å². The van der Waals surface area contributed by atoms with Crippen LogP contribution in [0.15, 0.2) is 47.5 Å². The van der Waals surface area contributed by atoms with Crippen molar-refractivity contribution in [1.82, 2.24) is 9.97 Å². The first-order valence-corrected chi connectivity index (χ1v) is 9.17. The number of benzene rings is 1. The summed E-state index contributed by atoms with van der Waals surface area (Å²) in [6.45, 7) is 0.603. The van der Waals surface area contributed by atoms with Gasteiger partial charge in [0, 0.05) is 47.4 Å². The molecule has 0 spiro atoms. The van der Waals surface area contributed by atoms with Crippen molar-refractivity contribution in [2.45, 2.75) is 6.42 Å². The molecule has 1 aliphatic rings. The topological polar surface area (TPSA) is 67.2 Å². The molecule has 0 aliphatic carbocycles. The van der Waals surface area contributed by atoms with Gasteiger partial charge in [0.25, 0.3) is 0 Å². The lowest BCUT2D eigenvalue weighted by Gasteiger charge is -2.10. The molecule has 6 heteroatoms. The van der Waals surface area contributed by atoms with Crippen LogP contribution in [0.2, 0.25) is 0 Å². The van der Waals surface area contributed by atoms with Gasteiger partial charge in [-0.1, -0.05) is 24.3 Å². The van der Waals surface area contributed by atoms with E-state index in [4.69, 9.17) is 0 Å². The molecule has 1 aromatic heterocycles. The number of nitrogens with zero attached hydrogens (tertiary/aromatic N) is 3. The van der Waals surface area contributed by atoms with Crippen molar-refractivity contribution in [2.24, 2.45) is 4.99 Å². The van der Waals surface area contributed by atoms with Crippen LogP contribution in [-0.4, -0.2) is 38.9 Å². The number of fused-ring (bicyclic) bond motifs is 1. The summed E-state index contributed by atoms with van der Waals surface area (Å²) in [5, 5.41) is 4.22. The molecular weight excluding hydrogens is 308 g/mol. The average Bonchev–Trinajstić information content (AvgIpc) is 2.83. The molecule has 118 valence electrons. The Morgan fingerprint density at radius 2 is 2.13 bits per heavy atom. The van der Waals surface area contributed by atoms with E-state index in [9.17, 15) is 4.21 Å². The smallest absolute Gasteiger partial charge is 0.180 e. The predicted octanol–water partition coefficient (Wildman–Crippen LogP) is 2.79. The first-order valence-electron chi connectivity index (χ1n) is 7.44. The molecule has 1 atom stereocenters. The molecule has 0 saturated carbocycles. The van der Waals surface area contributed by atoms with Gasteiger partial charge in [-0.15, -0.1) is 0 Å². The number of rotatable bonds is 5. The predicted molar refractivity (Wildman–Crippen MR) is 97.2 cm³/mol. The number of hydrogen-bond acceptors (Lipinski definition) is 5. The van der Waals surface area contributed by atoms with Gasteiger partial charge in [0.1, 0.15) is 11.5 Å². The summed E-state index contributed by atoms with van der Waals surface area (Å²) in [6.07, 6.45) is 10.3. The van der Waals surface area contributed by atoms with Crippen molar-refractivity contribution in [1.29, 1.82) is 0 Å². The third-order valence-electron chi connectivity index (χ3n) is 3.38. The van der Waals surface area contributed by atoms with E-state index in [2.05, 4.69) is 20.3 Å². The molecule has 3 rings (SSSR count). The van der Waals surface area contributed by atoms with Crippen LogP contribution in [0.1, 0.15) is 12.2 Å². The number of allylic oxidation sites excluding steroid dienone is 3. The van der Waals surface area contributed by atoms with E-state index in [1.165, 1.54) is 0 Å². The summed E-state index contributed by atoms with van der Waals surface area (Å²) < 4.78 is 11.3. The lowest BCUT2D eigenvalue weighted by Crippen LogP contribution is -2.12. The largest absolute Gasteiger partial charge is 0.369 e. The Morgan fingerprint density at radius 3 is 3.00 bits per heavy atom. The summed E-state index contributed by atoms with van der Waals surface area (Å²) in [4.78, 5) is 13.7. The Kier molecular flexibility index (Phi) is 4.92. The van der Waals surface area contributed by atoms with Crippen molar-refractivity contribution in [3.05, 3.63) is 48.3 Å². The summed E-state index contributed by atoms with van der Waals surface area (Å²) in [6, 6.07) is 7.85. The fourth-order valence-corrected chi connectivity index (χ4v) is 2.65. The number of para-hydroxylation sites is 1. The molecule has 23 heavy (non-hydrogen) atoms. The van der Waals surface area contributed by atoms with E-state index >= 15 is 0 Å². The van der Waals surface area contributed by atoms with Crippen molar-refractivity contribution >= 4 is 39.4 Å². The van der Waals surface area contributed by atoms with E-state index in [0.717, 1.165) is 28.8 Å². The zero-order valence-corrected chi connectivity index (χ0v) is 13.7. The second kappa shape index (κ2) is 7.28. The van der Waals surface area contributed by atoms with E-state index in [-0.39, 0.29) is 0 Å². The van der Waals surface area contributed by atoms with Crippen LogP contribution >= 0.6 is 0 Å². The van der Waals surface area contributed by atoms with Crippen molar-refractivity contribution in [3.63, 3.8) is 0 Å². The Bertz CT molecular complexity index is 826. The monoisotopic (exact) mass is 326 g/mol. The van der Waals surface area contributed by atoms with Gasteiger partial charge in [0.2, 0.25) is 0 Å². The van der Waals surface area contributed by atoms with Gasteiger partial charge in [0.15, 0.2) is 5.82 Å². The third-order valence-corrected chi connectivity index (χ3v) is 4.16. The second-order valence-corrected chi connectivity index (χ2v) is 6.70. The molecule has 1 N–H and O–H groups in total. The third kappa shape index (κ3) is 3.90. The number of aromatic nitrogens is 2. The molecule has 1 aromatic carbocycles. The maximum atomic E-state index is 11.3. The Labute approximate surface area is 137 Å². The Balaban J connectivity index is 2.01. The van der Waals surface area contributed by atoms with Crippen LogP contribution in [0, 0.1) is 0 Å². The Morgan fingerprint density at radius 1 is 1.26 bits per heavy atom. The van der Waals surface area contributed by atoms with E-state index < -0.39 is 10.8 Å².